The second-order valence-electron chi connectivity index (χ2n) is 6.73. The van der Waals surface area contributed by atoms with Crippen molar-refractivity contribution in [2.24, 2.45) is 0 Å². The summed E-state index contributed by atoms with van der Waals surface area (Å²) in [5.41, 5.74) is 2.46. The molecule has 2 heterocycles. The Hall–Kier alpha value is -3.58. The van der Waals surface area contributed by atoms with Gasteiger partial charge in [0.2, 0.25) is 0 Å². The number of fused-ring (bicyclic) bond motifs is 1. The van der Waals surface area contributed by atoms with Gasteiger partial charge in [-0.2, -0.15) is 5.10 Å². The van der Waals surface area contributed by atoms with E-state index in [1.165, 1.54) is 10.9 Å². The van der Waals surface area contributed by atoms with Crippen LogP contribution in [0.1, 0.15) is 21.5 Å². The Morgan fingerprint density at radius 1 is 1.14 bits per heavy atom. The third kappa shape index (κ3) is 3.36. The summed E-state index contributed by atoms with van der Waals surface area (Å²) in [4.78, 5) is 27.9. The highest BCUT2D eigenvalue weighted by atomic mass is 35.5. The number of pyridine rings is 1. The number of rotatable bonds is 3. The van der Waals surface area contributed by atoms with Crippen LogP contribution in [0.25, 0.3) is 16.7 Å². The summed E-state index contributed by atoms with van der Waals surface area (Å²) in [6.45, 7) is 3.89. The number of amides is 1. The molecule has 0 fully saturated rings. The van der Waals surface area contributed by atoms with Crippen molar-refractivity contribution in [2.45, 2.75) is 13.8 Å². The van der Waals surface area contributed by atoms with Crippen LogP contribution in [0.4, 0.5) is 5.69 Å². The van der Waals surface area contributed by atoms with Crippen LogP contribution in [0.15, 0.2) is 53.5 Å². The number of anilines is 1. The van der Waals surface area contributed by atoms with Gasteiger partial charge in [0.1, 0.15) is 17.0 Å². The number of hydrogen-bond donors (Lipinski definition) is 3. The molecule has 0 unspecified atom stereocenters. The number of aryl methyl sites for hydroxylation is 2. The third-order valence-electron chi connectivity index (χ3n) is 4.78. The minimum absolute atomic E-state index is 0.254. The number of halogens is 1. The maximum absolute atomic E-state index is 12.7. The molecule has 2 aromatic carbocycles. The number of nitrogens with one attached hydrogen (secondary N) is 2. The summed E-state index contributed by atoms with van der Waals surface area (Å²) in [6.07, 6.45) is 1.39. The van der Waals surface area contributed by atoms with Crippen LogP contribution in [0.3, 0.4) is 0 Å². The predicted octanol–water partition coefficient (Wildman–Crippen LogP) is 3.94. The van der Waals surface area contributed by atoms with Crippen molar-refractivity contribution in [3.63, 3.8) is 0 Å². The van der Waals surface area contributed by atoms with Crippen molar-refractivity contribution in [3.05, 3.63) is 80.7 Å². The van der Waals surface area contributed by atoms with Crippen molar-refractivity contribution < 1.29 is 9.90 Å². The number of benzene rings is 2. The van der Waals surface area contributed by atoms with Gasteiger partial charge in [0.05, 0.1) is 17.3 Å². The van der Waals surface area contributed by atoms with Crippen molar-refractivity contribution in [1.29, 1.82) is 0 Å². The first-order chi connectivity index (χ1) is 13.8. The monoisotopic (exact) mass is 408 g/mol. The standard InChI is InChI=1S/C21H17ClN4O3/c1-11-3-6-14(9-12(11)2)24-20(28)17-18(27)16-10-23-26(19(16)25-21(17)29)15-7-4-13(22)5-8-15/h3-10H,1-2H3,(H,24,28)(H2,25,27,29). The van der Waals surface area contributed by atoms with Gasteiger partial charge in [-0.15, -0.1) is 0 Å². The molecule has 4 aromatic rings. The zero-order valence-corrected chi connectivity index (χ0v) is 16.4. The van der Waals surface area contributed by atoms with Crippen LogP contribution in [-0.4, -0.2) is 25.8 Å². The second kappa shape index (κ2) is 7.10. The van der Waals surface area contributed by atoms with Gasteiger partial charge in [0.15, 0.2) is 0 Å². The molecule has 146 valence electrons. The topological polar surface area (TPSA) is 100 Å². The number of carbonyl (C=O) groups excluding carboxylic acids is 1. The van der Waals surface area contributed by atoms with Gasteiger partial charge in [0.25, 0.3) is 11.5 Å². The summed E-state index contributed by atoms with van der Waals surface area (Å²) < 4.78 is 1.46. The van der Waals surface area contributed by atoms with E-state index >= 15 is 0 Å². The zero-order valence-electron chi connectivity index (χ0n) is 15.7. The normalized spacial score (nSPS) is 11.0. The average Bonchev–Trinajstić information content (AvgIpc) is 3.09. The van der Waals surface area contributed by atoms with Crippen molar-refractivity contribution in [3.8, 4) is 11.4 Å². The molecule has 0 aliphatic rings. The van der Waals surface area contributed by atoms with Gasteiger partial charge < -0.3 is 15.4 Å². The van der Waals surface area contributed by atoms with E-state index in [9.17, 15) is 14.7 Å². The molecule has 7 nitrogen and oxygen atoms in total. The van der Waals surface area contributed by atoms with E-state index in [1.807, 2.05) is 19.9 Å². The smallest absolute Gasteiger partial charge is 0.266 e. The van der Waals surface area contributed by atoms with Gasteiger partial charge >= 0.3 is 0 Å². The Bertz CT molecular complexity index is 1310. The Morgan fingerprint density at radius 2 is 1.86 bits per heavy atom. The molecule has 0 atom stereocenters. The number of hydrogen-bond acceptors (Lipinski definition) is 4. The molecule has 29 heavy (non-hydrogen) atoms. The molecule has 0 bridgehead atoms. The third-order valence-corrected chi connectivity index (χ3v) is 5.04. The lowest BCUT2D eigenvalue weighted by atomic mass is 10.1. The van der Waals surface area contributed by atoms with Crippen LogP contribution in [0, 0.1) is 13.8 Å². The van der Waals surface area contributed by atoms with E-state index in [-0.39, 0.29) is 16.6 Å². The van der Waals surface area contributed by atoms with E-state index < -0.39 is 17.2 Å². The fourth-order valence-electron chi connectivity index (χ4n) is 3.06. The molecule has 0 aliphatic carbocycles. The van der Waals surface area contributed by atoms with E-state index in [4.69, 9.17) is 11.6 Å². The van der Waals surface area contributed by atoms with Crippen molar-refractivity contribution >= 4 is 34.2 Å². The first-order valence-corrected chi connectivity index (χ1v) is 9.20. The summed E-state index contributed by atoms with van der Waals surface area (Å²) in [7, 11) is 0. The average molecular weight is 409 g/mol. The lowest BCUT2D eigenvalue weighted by Crippen LogP contribution is -2.23. The Labute approximate surface area is 170 Å². The molecule has 0 saturated heterocycles. The number of aromatic hydroxyl groups is 1. The molecule has 2 aromatic heterocycles. The van der Waals surface area contributed by atoms with Crippen LogP contribution in [0.5, 0.6) is 5.75 Å². The lowest BCUT2D eigenvalue weighted by molar-refractivity contribution is 0.102. The van der Waals surface area contributed by atoms with Crippen LogP contribution in [0.2, 0.25) is 5.02 Å². The van der Waals surface area contributed by atoms with Gasteiger partial charge in [-0.1, -0.05) is 17.7 Å². The molecule has 0 spiro atoms. The Kier molecular flexibility index (Phi) is 4.60. The maximum Gasteiger partial charge on any atom is 0.266 e. The van der Waals surface area contributed by atoms with E-state index in [2.05, 4.69) is 15.4 Å². The summed E-state index contributed by atoms with van der Waals surface area (Å²) in [6, 6.07) is 12.2. The highest BCUT2D eigenvalue weighted by molar-refractivity contribution is 6.30. The molecule has 4 rings (SSSR count). The minimum atomic E-state index is -0.716. The molecule has 1 amide bonds. The Morgan fingerprint density at radius 3 is 2.55 bits per heavy atom. The van der Waals surface area contributed by atoms with Crippen LogP contribution in [-0.2, 0) is 0 Å². The molecule has 3 N–H and O–H groups in total. The highest BCUT2D eigenvalue weighted by Crippen LogP contribution is 2.27. The van der Waals surface area contributed by atoms with Crippen molar-refractivity contribution in [2.75, 3.05) is 5.32 Å². The van der Waals surface area contributed by atoms with Gasteiger partial charge in [0, 0.05) is 10.7 Å². The SMILES string of the molecule is Cc1ccc(NC(=O)c2c(O)c3cnn(-c4ccc(Cl)cc4)c3[nH]c2=O)cc1C. The number of nitrogens with zero attached hydrogens (tertiary/aromatic N) is 2. The van der Waals surface area contributed by atoms with Crippen LogP contribution < -0.4 is 10.9 Å². The Balaban J connectivity index is 1.76. The molecule has 0 saturated carbocycles. The number of aromatic nitrogens is 3. The van der Waals surface area contributed by atoms with E-state index in [0.29, 0.717) is 16.4 Å². The molecule has 8 heteroatoms. The molecular weight excluding hydrogens is 392 g/mol. The van der Waals surface area contributed by atoms with Gasteiger partial charge in [-0.25, -0.2) is 4.68 Å². The number of H-pyrrole nitrogens is 1. The largest absolute Gasteiger partial charge is 0.506 e. The van der Waals surface area contributed by atoms with Crippen molar-refractivity contribution in [1.82, 2.24) is 14.8 Å². The number of aromatic amines is 1. The maximum atomic E-state index is 12.7. The van der Waals surface area contributed by atoms with E-state index in [1.54, 1.807) is 36.4 Å². The summed E-state index contributed by atoms with van der Waals surface area (Å²) >= 11 is 5.91. The fraction of sp³-hybridized carbons (Fsp3) is 0.0952. The summed E-state index contributed by atoms with van der Waals surface area (Å²) in [5.74, 6) is -1.13. The van der Waals surface area contributed by atoms with Gasteiger partial charge in [-0.3, -0.25) is 9.59 Å². The quantitative estimate of drug-likeness (QED) is 0.478. The second-order valence-corrected chi connectivity index (χ2v) is 7.16. The molecule has 0 aliphatic heterocycles. The fourth-order valence-corrected chi connectivity index (χ4v) is 3.18. The van der Waals surface area contributed by atoms with E-state index in [0.717, 1.165) is 11.1 Å². The zero-order chi connectivity index (χ0) is 20.7. The molecule has 0 radical (unpaired) electrons. The highest BCUT2D eigenvalue weighted by Gasteiger charge is 2.22. The minimum Gasteiger partial charge on any atom is -0.506 e. The first-order valence-electron chi connectivity index (χ1n) is 8.82. The number of carbonyl (C=O) groups is 1. The first kappa shape index (κ1) is 18.8. The van der Waals surface area contributed by atoms with Gasteiger partial charge in [-0.05, 0) is 61.4 Å². The molecular formula is C21H17ClN4O3. The summed E-state index contributed by atoms with van der Waals surface area (Å²) in [5, 5.41) is 18.3. The van der Waals surface area contributed by atoms with Crippen LogP contribution >= 0.6 is 11.6 Å². The lowest BCUT2D eigenvalue weighted by Gasteiger charge is -2.09. The predicted molar refractivity (Wildman–Crippen MR) is 112 cm³/mol.